The van der Waals surface area contributed by atoms with Gasteiger partial charge in [-0.25, -0.2) is 27.5 Å². The van der Waals surface area contributed by atoms with Gasteiger partial charge in [-0.05, 0) is 25.0 Å². The van der Waals surface area contributed by atoms with Gasteiger partial charge in [0.2, 0.25) is 5.03 Å². The van der Waals surface area contributed by atoms with Gasteiger partial charge in [0.25, 0.3) is 10.0 Å². The van der Waals surface area contributed by atoms with Crippen molar-refractivity contribution in [2.45, 2.75) is 24.4 Å². The highest BCUT2D eigenvalue weighted by Gasteiger charge is 2.19. The average molecular weight is 298 g/mol. The molecule has 0 bridgehead atoms. The Morgan fingerprint density at radius 2 is 2.15 bits per heavy atom. The van der Waals surface area contributed by atoms with E-state index in [9.17, 15) is 12.8 Å². The van der Waals surface area contributed by atoms with E-state index in [0.29, 0.717) is 6.42 Å². The maximum absolute atomic E-state index is 13.4. The summed E-state index contributed by atoms with van der Waals surface area (Å²) < 4.78 is 41.2. The number of nitrogens with zero attached hydrogens (tertiary/aromatic N) is 3. The molecule has 0 aliphatic rings. The van der Waals surface area contributed by atoms with Crippen LogP contribution in [0, 0.1) is 5.82 Å². The number of sulfonamides is 1. The molecule has 20 heavy (non-hydrogen) atoms. The van der Waals surface area contributed by atoms with E-state index in [1.165, 1.54) is 12.3 Å². The van der Waals surface area contributed by atoms with Gasteiger partial charge in [-0.15, -0.1) is 0 Å². The van der Waals surface area contributed by atoms with Crippen LogP contribution in [0.4, 0.5) is 4.39 Å². The van der Waals surface area contributed by atoms with Crippen molar-refractivity contribution >= 4 is 10.0 Å². The van der Waals surface area contributed by atoms with Crippen LogP contribution in [-0.4, -0.2) is 29.5 Å². The first kappa shape index (κ1) is 14.6. The molecule has 2 aromatic rings. The van der Waals surface area contributed by atoms with Gasteiger partial charge in [-0.2, -0.15) is 0 Å². The number of imidazole rings is 1. The Bertz CT molecular complexity index is 643. The fourth-order valence-corrected chi connectivity index (χ4v) is 2.76. The lowest BCUT2D eigenvalue weighted by Crippen LogP contribution is -2.26. The summed E-state index contributed by atoms with van der Waals surface area (Å²) >= 11 is 0. The number of aryl methyl sites for hydroxylation is 1. The first-order valence-corrected chi connectivity index (χ1v) is 7.64. The Hall–Kier alpha value is -1.80. The molecule has 0 amide bonds. The molecule has 8 heteroatoms. The zero-order valence-electron chi connectivity index (χ0n) is 10.7. The first-order valence-electron chi connectivity index (χ1n) is 6.15. The number of hydrogen-bond acceptors (Lipinski definition) is 4. The molecule has 0 saturated heterocycles. The molecule has 2 rings (SSSR count). The van der Waals surface area contributed by atoms with Crippen LogP contribution < -0.4 is 4.72 Å². The van der Waals surface area contributed by atoms with E-state index in [1.54, 1.807) is 12.5 Å². The van der Waals surface area contributed by atoms with Gasteiger partial charge < -0.3 is 4.57 Å². The van der Waals surface area contributed by atoms with Crippen LogP contribution in [0.5, 0.6) is 0 Å². The van der Waals surface area contributed by atoms with Crippen LogP contribution in [-0.2, 0) is 16.6 Å². The third kappa shape index (κ3) is 3.84. The molecule has 0 spiro atoms. The summed E-state index contributed by atoms with van der Waals surface area (Å²) in [7, 11) is -3.88. The lowest BCUT2D eigenvalue weighted by atomic mass is 10.3. The molecule has 0 atom stereocenters. The normalized spacial score (nSPS) is 11.7. The average Bonchev–Trinajstić information content (AvgIpc) is 2.91. The molecule has 0 fully saturated rings. The molecule has 6 nitrogen and oxygen atoms in total. The van der Waals surface area contributed by atoms with Gasteiger partial charge >= 0.3 is 0 Å². The van der Waals surface area contributed by atoms with Crippen molar-refractivity contribution < 1.29 is 12.8 Å². The lowest BCUT2D eigenvalue weighted by molar-refractivity contribution is 0.539. The predicted octanol–water partition coefficient (Wildman–Crippen LogP) is 1.18. The largest absolute Gasteiger partial charge is 0.337 e. The SMILES string of the molecule is O=S(=O)(NCCCCn1ccnc1)c1ncccc1F. The Morgan fingerprint density at radius 3 is 2.85 bits per heavy atom. The fourth-order valence-electron chi connectivity index (χ4n) is 1.68. The van der Waals surface area contributed by atoms with Crippen molar-refractivity contribution in [3.8, 4) is 0 Å². The summed E-state index contributed by atoms with van der Waals surface area (Å²) in [6.45, 7) is 1.01. The second kappa shape index (κ2) is 6.58. The van der Waals surface area contributed by atoms with Gasteiger partial charge in [-0.3, -0.25) is 0 Å². The number of hydrogen-bond donors (Lipinski definition) is 1. The minimum Gasteiger partial charge on any atom is -0.337 e. The minimum atomic E-state index is -3.88. The van der Waals surface area contributed by atoms with Gasteiger partial charge in [0.15, 0.2) is 5.82 Å². The zero-order valence-corrected chi connectivity index (χ0v) is 11.6. The smallest absolute Gasteiger partial charge is 0.261 e. The monoisotopic (exact) mass is 298 g/mol. The standard InChI is InChI=1S/C12H15FN4O2S/c13-11-4-3-5-15-12(11)20(18,19)16-6-1-2-8-17-9-7-14-10-17/h3-5,7,9-10,16H,1-2,6,8H2. The van der Waals surface area contributed by atoms with E-state index < -0.39 is 20.9 Å². The summed E-state index contributed by atoms with van der Waals surface area (Å²) in [5, 5.41) is -0.561. The van der Waals surface area contributed by atoms with Gasteiger partial charge in [0.05, 0.1) is 6.33 Å². The van der Waals surface area contributed by atoms with Crippen LogP contribution in [0.2, 0.25) is 0 Å². The van der Waals surface area contributed by atoms with Crippen molar-refractivity contribution in [3.63, 3.8) is 0 Å². The van der Waals surface area contributed by atoms with Crippen molar-refractivity contribution in [2.24, 2.45) is 0 Å². The van der Waals surface area contributed by atoms with Gasteiger partial charge in [0.1, 0.15) is 0 Å². The second-order valence-corrected chi connectivity index (χ2v) is 5.88. The Labute approximate surface area is 116 Å². The molecule has 0 saturated carbocycles. The second-order valence-electron chi connectivity index (χ2n) is 4.20. The molecule has 2 aromatic heterocycles. The van der Waals surface area contributed by atoms with E-state index in [-0.39, 0.29) is 6.54 Å². The van der Waals surface area contributed by atoms with E-state index in [1.807, 2.05) is 10.8 Å². The molecule has 2 heterocycles. The molecule has 1 N–H and O–H groups in total. The third-order valence-corrected chi connectivity index (χ3v) is 4.07. The topological polar surface area (TPSA) is 76.9 Å². The molecule has 0 unspecified atom stereocenters. The highest BCUT2D eigenvalue weighted by Crippen LogP contribution is 2.09. The summed E-state index contributed by atoms with van der Waals surface area (Å²) in [4.78, 5) is 7.46. The number of unbranched alkanes of at least 4 members (excludes halogenated alkanes) is 1. The van der Waals surface area contributed by atoms with Crippen molar-refractivity contribution in [3.05, 3.63) is 42.9 Å². The molecule has 0 radical (unpaired) electrons. The lowest BCUT2D eigenvalue weighted by Gasteiger charge is -2.06. The number of aromatic nitrogens is 3. The van der Waals surface area contributed by atoms with E-state index >= 15 is 0 Å². The minimum absolute atomic E-state index is 0.243. The Kier molecular flexibility index (Phi) is 4.80. The Morgan fingerprint density at radius 1 is 1.30 bits per heavy atom. The summed E-state index contributed by atoms with van der Waals surface area (Å²) in [6, 6.07) is 2.42. The first-order chi connectivity index (χ1) is 9.59. The fraction of sp³-hybridized carbons (Fsp3) is 0.333. The summed E-state index contributed by atoms with van der Waals surface area (Å²) in [6.07, 6.45) is 7.92. The van der Waals surface area contributed by atoms with Gasteiger partial charge in [-0.1, -0.05) is 0 Å². The molecular formula is C12H15FN4O2S. The molecule has 108 valence electrons. The molecular weight excluding hydrogens is 283 g/mol. The highest BCUT2D eigenvalue weighted by atomic mass is 32.2. The highest BCUT2D eigenvalue weighted by molar-refractivity contribution is 7.89. The van der Waals surface area contributed by atoms with E-state index in [4.69, 9.17) is 0 Å². The van der Waals surface area contributed by atoms with Crippen LogP contribution in [0.1, 0.15) is 12.8 Å². The number of rotatable bonds is 7. The van der Waals surface area contributed by atoms with Crippen LogP contribution >= 0.6 is 0 Å². The molecule has 0 aromatic carbocycles. The number of pyridine rings is 1. The van der Waals surface area contributed by atoms with Crippen molar-refractivity contribution in [2.75, 3.05) is 6.54 Å². The molecule has 0 aliphatic carbocycles. The molecule has 0 aliphatic heterocycles. The maximum Gasteiger partial charge on any atom is 0.261 e. The quantitative estimate of drug-likeness (QED) is 0.779. The van der Waals surface area contributed by atoms with E-state index in [2.05, 4.69) is 14.7 Å². The van der Waals surface area contributed by atoms with Gasteiger partial charge in [0, 0.05) is 31.7 Å². The predicted molar refractivity (Wildman–Crippen MR) is 70.8 cm³/mol. The summed E-state index contributed by atoms with van der Waals surface area (Å²) in [5.74, 6) is -0.849. The van der Waals surface area contributed by atoms with Crippen molar-refractivity contribution in [1.82, 2.24) is 19.3 Å². The van der Waals surface area contributed by atoms with Crippen LogP contribution in [0.25, 0.3) is 0 Å². The van der Waals surface area contributed by atoms with Crippen LogP contribution in [0.15, 0.2) is 42.1 Å². The van der Waals surface area contributed by atoms with Crippen LogP contribution in [0.3, 0.4) is 0 Å². The van der Waals surface area contributed by atoms with E-state index in [0.717, 1.165) is 19.0 Å². The maximum atomic E-state index is 13.4. The number of nitrogens with one attached hydrogen (secondary N) is 1. The zero-order chi connectivity index (χ0) is 14.4. The summed E-state index contributed by atoms with van der Waals surface area (Å²) in [5.41, 5.74) is 0. The Balaban J connectivity index is 1.80. The number of halogens is 1. The van der Waals surface area contributed by atoms with Crippen molar-refractivity contribution in [1.29, 1.82) is 0 Å². The third-order valence-electron chi connectivity index (χ3n) is 2.67.